The highest BCUT2D eigenvalue weighted by molar-refractivity contribution is 7.99. The molecule has 17 heavy (non-hydrogen) atoms. The van der Waals surface area contributed by atoms with Gasteiger partial charge in [-0.15, -0.1) is 11.8 Å². The van der Waals surface area contributed by atoms with Crippen LogP contribution in [-0.4, -0.2) is 34.0 Å². The van der Waals surface area contributed by atoms with Crippen LogP contribution in [0.2, 0.25) is 0 Å². The second-order valence-corrected chi connectivity index (χ2v) is 4.87. The number of nitrogens with zero attached hydrogens (tertiary/aromatic N) is 2. The summed E-state index contributed by atoms with van der Waals surface area (Å²) in [5, 5.41) is 0. The number of carbonyl (C=O) groups is 2. The topological polar surface area (TPSA) is 76.3 Å². The number of likely N-dealkylation sites (tertiary alicyclic amines) is 1. The predicted octanol–water partition coefficient (Wildman–Crippen LogP) is 0.905. The van der Waals surface area contributed by atoms with Crippen LogP contribution in [0, 0.1) is 0 Å². The van der Waals surface area contributed by atoms with Crippen LogP contribution in [0.5, 0.6) is 0 Å². The van der Waals surface area contributed by atoms with E-state index < -0.39 is 0 Å². The van der Waals surface area contributed by atoms with E-state index in [4.69, 9.17) is 5.73 Å². The standard InChI is InChI=1S/C11H13N3O2S/c12-9-2-1-8(7-13-9)17-6-5-14-10(15)3-4-11(14)16/h1-2,7H,3-6H2,(H2,12,13). The van der Waals surface area contributed by atoms with Crippen molar-refractivity contribution in [1.29, 1.82) is 0 Å². The second kappa shape index (κ2) is 5.18. The van der Waals surface area contributed by atoms with Gasteiger partial charge in [-0.05, 0) is 12.1 Å². The van der Waals surface area contributed by atoms with Crippen LogP contribution >= 0.6 is 11.8 Å². The Kier molecular flexibility index (Phi) is 3.63. The number of anilines is 1. The molecule has 1 aliphatic heterocycles. The summed E-state index contributed by atoms with van der Waals surface area (Å²) in [5.74, 6) is 1.04. The number of pyridine rings is 1. The largest absolute Gasteiger partial charge is 0.384 e. The zero-order valence-corrected chi connectivity index (χ0v) is 10.1. The fraction of sp³-hybridized carbons (Fsp3) is 0.364. The summed E-state index contributed by atoms with van der Waals surface area (Å²) in [6, 6.07) is 3.61. The van der Waals surface area contributed by atoms with Crippen LogP contribution in [0.25, 0.3) is 0 Å². The van der Waals surface area contributed by atoms with Crippen molar-refractivity contribution in [1.82, 2.24) is 9.88 Å². The van der Waals surface area contributed by atoms with Gasteiger partial charge in [0.2, 0.25) is 11.8 Å². The predicted molar refractivity (Wildman–Crippen MR) is 65.3 cm³/mol. The Morgan fingerprint density at radius 2 is 2.00 bits per heavy atom. The lowest BCUT2D eigenvalue weighted by molar-refractivity contribution is -0.137. The minimum atomic E-state index is -0.0639. The van der Waals surface area contributed by atoms with E-state index in [0.717, 1.165) is 4.90 Å². The van der Waals surface area contributed by atoms with Crippen molar-refractivity contribution in [3.63, 3.8) is 0 Å². The Morgan fingerprint density at radius 3 is 2.59 bits per heavy atom. The molecule has 2 N–H and O–H groups in total. The second-order valence-electron chi connectivity index (χ2n) is 3.71. The summed E-state index contributed by atoms with van der Waals surface area (Å²) >= 11 is 1.56. The quantitative estimate of drug-likeness (QED) is 0.635. The molecule has 1 aliphatic rings. The van der Waals surface area contributed by atoms with Crippen LogP contribution in [0.3, 0.4) is 0 Å². The van der Waals surface area contributed by atoms with Gasteiger partial charge in [-0.25, -0.2) is 4.98 Å². The third-order valence-electron chi connectivity index (χ3n) is 2.50. The number of nitrogen functional groups attached to an aromatic ring is 1. The smallest absolute Gasteiger partial charge is 0.229 e. The molecule has 0 aliphatic carbocycles. The first kappa shape index (κ1) is 11.9. The Bertz CT molecular complexity index is 417. The third kappa shape index (κ3) is 2.97. The van der Waals surface area contributed by atoms with Gasteiger partial charge >= 0.3 is 0 Å². The minimum absolute atomic E-state index is 0.0639. The molecule has 0 radical (unpaired) electrons. The molecular weight excluding hydrogens is 238 g/mol. The van der Waals surface area contributed by atoms with Crippen molar-refractivity contribution >= 4 is 29.4 Å². The van der Waals surface area contributed by atoms with E-state index in [1.165, 1.54) is 4.90 Å². The first-order valence-electron chi connectivity index (χ1n) is 5.34. The average Bonchev–Trinajstić information content (AvgIpc) is 2.63. The average molecular weight is 251 g/mol. The first-order valence-corrected chi connectivity index (χ1v) is 6.33. The summed E-state index contributed by atoms with van der Waals surface area (Å²) in [6.07, 6.45) is 2.40. The highest BCUT2D eigenvalue weighted by Crippen LogP contribution is 2.19. The van der Waals surface area contributed by atoms with E-state index in [-0.39, 0.29) is 11.8 Å². The lowest BCUT2D eigenvalue weighted by Gasteiger charge is -2.12. The molecule has 2 heterocycles. The van der Waals surface area contributed by atoms with Crippen molar-refractivity contribution in [2.24, 2.45) is 0 Å². The molecule has 0 atom stereocenters. The molecule has 1 aromatic rings. The maximum atomic E-state index is 11.3. The number of imide groups is 1. The number of rotatable bonds is 4. The Morgan fingerprint density at radius 1 is 1.29 bits per heavy atom. The fourth-order valence-corrected chi connectivity index (χ4v) is 2.41. The van der Waals surface area contributed by atoms with E-state index in [0.29, 0.717) is 31.0 Å². The van der Waals surface area contributed by atoms with Gasteiger partial charge in [0.15, 0.2) is 0 Å². The number of thioether (sulfide) groups is 1. The molecule has 6 heteroatoms. The number of hydrogen-bond donors (Lipinski definition) is 1. The molecule has 0 saturated carbocycles. The molecule has 0 unspecified atom stereocenters. The Balaban J connectivity index is 1.81. The van der Waals surface area contributed by atoms with Crippen LogP contribution in [-0.2, 0) is 9.59 Å². The van der Waals surface area contributed by atoms with Gasteiger partial charge < -0.3 is 5.73 Å². The molecule has 0 bridgehead atoms. The number of aromatic nitrogens is 1. The van der Waals surface area contributed by atoms with Crippen molar-refractivity contribution in [2.45, 2.75) is 17.7 Å². The van der Waals surface area contributed by atoms with Gasteiger partial charge in [0, 0.05) is 36.2 Å². The monoisotopic (exact) mass is 251 g/mol. The molecule has 2 amide bonds. The molecule has 90 valence electrons. The third-order valence-corrected chi connectivity index (χ3v) is 3.46. The maximum absolute atomic E-state index is 11.3. The summed E-state index contributed by atoms with van der Waals surface area (Å²) < 4.78 is 0. The Hall–Kier alpha value is -1.56. The molecular formula is C11H13N3O2S. The summed E-state index contributed by atoms with van der Waals surface area (Å²) in [5.41, 5.74) is 5.47. The molecule has 0 spiro atoms. The van der Waals surface area contributed by atoms with Gasteiger partial charge in [-0.1, -0.05) is 0 Å². The van der Waals surface area contributed by atoms with E-state index in [1.807, 2.05) is 6.07 Å². The highest BCUT2D eigenvalue weighted by atomic mass is 32.2. The van der Waals surface area contributed by atoms with Crippen LogP contribution < -0.4 is 5.73 Å². The Labute approximate surface area is 103 Å². The van der Waals surface area contributed by atoms with Crippen molar-refractivity contribution < 1.29 is 9.59 Å². The van der Waals surface area contributed by atoms with Crippen molar-refractivity contribution in [3.8, 4) is 0 Å². The molecule has 0 aromatic carbocycles. The van der Waals surface area contributed by atoms with Crippen LogP contribution in [0.15, 0.2) is 23.2 Å². The minimum Gasteiger partial charge on any atom is -0.384 e. The first-order chi connectivity index (χ1) is 8.16. The lowest BCUT2D eigenvalue weighted by atomic mass is 10.4. The lowest BCUT2D eigenvalue weighted by Crippen LogP contribution is -2.31. The van der Waals surface area contributed by atoms with Gasteiger partial charge in [0.05, 0.1) is 0 Å². The molecule has 1 saturated heterocycles. The van der Waals surface area contributed by atoms with Gasteiger partial charge in [-0.2, -0.15) is 0 Å². The molecule has 2 rings (SSSR count). The van der Waals surface area contributed by atoms with E-state index >= 15 is 0 Å². The summed E-state index contributed by atoms with van der Waals surface area (Å²) in [4.78, 5) is 29.0. The van der Waals surface area contributed by atoms with Crippen molar-refractivity contribution in [2.75, 3.05) is 18.0 Å². The van der Waals surface area contributed by atoms with E-state index in [2.05, 4.69) is 4.98 Å². The van der Waals surface area contributed by atoms with Gasteiger partial charge in [-0.3, -0.25) is 14.5 Å². The van der Waals surface area contributed by atoms with Gasteiger partial charge in [0.1, 0.15) is 5.82 Å². The normalized spacial score (nSPS) is 15.6. The summed E-state index contributed by atoms with van der Waals surface area (Å²) in [7, 11) is 0. The highest BCUT2D eigenvalue weighted by Gasteiger charge is 2.27. The van der Waals surface area contributed by atoms with Gasteiger partial charge in [0.25, 0.3) is 0 Å². The van der Waals surface area contributed by atoms with Crippen LogP contribution in [0.1, 0.15) is 12.8 Å². The molecule has 5 nitrogen and oxygen atoms in total. The number of nitrogens with two attached hydrogens (primary N) is 1. The molecule has 1 fully saturated rings. The van der Waals surface area contributed by atoms with E-state index in [9.17, 15) is 9.59 Å². The SMILES string of the molecule is Nc1ccc(SCCN2C(=O)CCC2=O)cn1. The number of amides is 2. The maximum Gasteiger partial charge on any atom is 0.229 e. The van der Waals surface area contributed by atoms with Crippen molar-refractivity contribution in [3.05, 3.63) is 18.3 Å². The summed E-state index contributed by atoms with van der Waals surface area (Å²) in [6.45, 7) is 0.465. The number of carbonyl (C=O) groups excluding carboxylic acids is 2. The van der Waals surface area contributed by atoms with Crippen LogP contribution in [0.4, 0.5) is 5.82 Å². The zero-order chi connectivity index (χ0) is 12.3. The fourth-order valence-electron chi connectivity index (χ4n) is 1.60. The zero-order valence-electron chi connectivity index (χ0n) is 9.26. The number of hydrogen-bond acceptors (Lipinski definition) is 5. The van der Waals surface area contributed by atoms with E-state index in [1.54, 1.807) is 24.0 Å². The molecule has 1 aromatic heterocycles.